The van der Waals surface area contributed by atoms with Gasteiger partial charge in [-0.15, -0.1) is 0 Å². The van der Waals surface area contributed by atoms with Gasteiger partial charge in [0.25, 0.3) is 0 Å². The molecule has 0 aromatic rings. The van der Waals surface area contributed by atoms with Crippen LogP contribution in [0.2, 0.25) is 0 Å². The first-order valence-corrected chi connectivity index (χ1v) is 32.2. The van der Waals surface area contributed by atoms with Gasteiger partial charge in [-0.1, -0.05) is 288 Å². The van der Waals surface area contributed by atoms with E-state index in [1.165, 1.54) is 263 Å². The number of nitrogens with one attached hydrogen (secondary N) is 1. The number of unbranched alkanes of at least 4 members (excludes halogenated alkanes) is 43. The topological polar surface area (TPSA) is 95.9 Å². The third-order valence-corrected chi connectivity index (χ3v) is 14.9. The van der Waals surface area contributed by atoms with Gasteiger partial charge in [-0.05, 0) is 83.5 Å². The van der Waals surface area contributed by atoms with Crippen LogP contribution in [0.5, 0.6) is 0 Å². The van der Waals surface area contributed by atoms with E-state index in [0.717, 1.165) is 51.4 Å². The molecule has 0 heterocycles. The maximum Gasteiger partial charge on any atom is 0.305 e. The fraction of sp³-hybridized carbons (Fsp3) is 0.879. The molecule has 6 heteroatoms. The minimum absolute atomic E-state index is 0.00347. The van der Waals surface area contributed by atoms with Crippen molar-refractivity contribution in [3.05, 3.63) is 36.5 Å². The van der Waals surface area contributed by atoms with Gasteiger partial charge >= 0.3 is 5.97 Å². The second-order valence-electron chi connectivity index (χ2n) is 22.1. The number of ether oxygens (including phenoxy) is 1. The van der Waals surface area contributed by atoms with Gasteiger partial charge < -0.3 is 20.3 Å². The normalized spacial score (nSPS) is 12.8. The van der Waals surface area contributed by atoms with Gasteiger partial charge in [-0.2, -0.15) is 0 Å². The van der Waals surface area contributed by atoms with E-state index in [0.29, 0.717) is 25.9 Å². The summed E-state index contributed by atoms with van der Waals surface area (Å²) >= 11 is 0. The minimum atomic E-state index is -0.664. The van der Waals surface area contributed by atoms with Crippen molar-refractivity contribution < 1.29 is 24.5 Å². The van der Waals surface area contributed by atoms with E-state index in [1.807, 2.05) is 0 Å². The van der Waals surface area contributed by atoms with Gasteiger partial charge in [-0.25, -0.2) is 0 Å². The lowest BCUT2D eigenvalue weighted by atomic mass is 10.0. The Morgan fingerprint density at radius 2 is 0.694 bits per heavy atom. The van der Waals surface area contributed by atoms with Gasteiger partial charge in [0.15, 0.2) is 0 Å². The highest BCUT2D eigenvalue weighted by atomic mass is 16.5. The molecular weight excluding hydrogens is 887 g/mol. The number of amides is 1. The van der Waals surface area contributed by atoms with Crippen LogP contribution in [0.4, 0.5) is 0 Å². The summed E-state index contributed by atoms with van der Waals surface area (Å²) in [5.74, 6) is -0.0321. The Morgan fingerprint density at radius 1 is 0.389 bits per heavy atom. The van der Waals surface area contributed by atoms with Crippen LogP contribution >= 0.6 is 0 Å². The Kier molecular flexibility index (Phi) is 60.0. The predicted molar refractivity (Wildman–Crippen MR) is 315 cm³/mol. The molecule has 2 unspecified atom stereocenters. The average molecular weight is 1010 g/mol. The maximum atomic E-state index is 12.5. The summed E-state index contributed by atoms with van der Waals surface area (Å²) < 4.78 is 5.48. The first-order chi connectivity index (χ1) is 35.5. The lowest BCUT2D eigenvalue weighted by molar-refractivity contribution is -0.143. The number of carbonyl (C=O) groups excluding carboxylic acids is 2. The highest BCUT2D eigenvalue weighted by Gasteiger charge is 2.20. The molecule has 0 saturated carbocycles. The number of allylic oxidation sites excluding steroid dienone is 6. The number of rotatable bonds is 60. The van der Waals surface area contributed by atoms with E-state index in [-0.39, 0.29) is 18.5 Å². The van der Waals surface area contributed by atoms with Gasteiger partial charge in [-0.3, -0.25) is 9.59 Å². The molecule has 0 aromatic carbocycles. The van der Waals surface area contributed by atoms with Crippen molar-refractivity contribution >= 4 is 11.9 Å². The molecule has 0 rings (SSSR count). The Hall–Kier alpha value is -1.92. The number of aliphatic hydroxyl groups excluding tert-OH is 2. The molecule has 3 N–H and O–H groups in total. The summed E-state index contributed by atoms with van der Waals surface area (Å²) in [6.07, 6.45) is 77.4. The van der Waals surface area contributed by atoms with Crippen molar-refractivity contribution in [2.75, 3.05) is 13.2 Å². The number of aliphatic hydroxyl groups is 2. The molecule has 0 aliphatic heterocycles. The lowest BCUT2D eigenvalue weighted by Gasteiger charge is -2.22. The monoisotopic (exact) mass is 1010 g/mol. The van der Waals surface area contributed by atoms with Crippen LogP contribution in [0.15, 0.2) is 36.5 Å². The highest BCUT2D eigenvalue weighted by Crippen LogP contribution is 2.17. The highest BCUT2D eigenvalue weighted by molar-refractivity contribution is 5.76. The molecule has 424 valence electrons. The van der Waals surface area contributed by atoms with Gasteiger partial charge in [0, 0.05) is 12.8 Å². The fourth-order valence-electron chi connectivity index (χ4n) is 9.96. The molecule has 0 saturated heterocycles. The van der Waals surface area contributed by atoms with E-state index in [9.17, 15) is 19.8 Å². The van der Waals surface area contributed by atoms with Crippen LogP contribution in [0.3, 0.4) is 0 Å². The van der Waals surface area contributed by atoms with Gasteiger partial charge in [0.05, 0.1) is 25.4 Å². The molecule has 2 atom stereocenters. The summed E-state index contributed by atoms with van der Waals surface area (Å²) in [6.45, 7) is 4.95. The first-order valence-electron chi connectivity index (χ1n) is 32.2. The summed E-state index contributed by atoms with van der Waals surface area (Å²) in [7, 11) is 0. The van der Waals surface area contributed by atoms with E-state index < -0.39 is 12.1 Å². The van der Waals surface area contributed by atoms with Gasteiger partial charge in [0.1, 0.15) is 0 Å². The quantitative estimate of drug-likeness (QED) is 0.0320. The van der Waals surface area contributed by atoms with Crippen molar-refractivity contribution in [1.29, 1.82) is 0 Å². The summed E-state index contributed by atoms with van der Waals surface area (Å²) in [4.78, 5) is 24.5. The molecule has 6 nitrogen and oxygen atoms in total. The van der Waals surface area contributed by atoms with Crippen LogP contribution in [0, 0.1) is 0 Å². The van der Waals surface area contributed by atoms with E-state index >= 15 is 0 Å². The Balaban J connectivity index is 3.39. The SMILES string of the molecule is CCCCCCC/C=C\CCCCCCCC(=O)OCCCCCCCCCCC/C=C\C/C=C\CCCCCCCCCCCCCCCC(=O)NC(CO)C(O)CCCCCCCCCCCCCC. The standard InChI is InChI=1S/C66H125NO5/c1-3-5-7-9-11-13-15-17-36-40-44-48-52-56-60-66(71)72-61-57-53-49-45-41-37-34-32-30-28-26-24-22-20-18-19-21-23-25-27-29-31-33-35-39-43-47-51-55-59-65(70)67-63(62-68)64(69)58-54-50-46-42-38-16-14-12-10-8-6-4-2/h15,17-18,20,24,26,63-64,68-69H,3-14,16,19,21-23,25,27-62H2,1-2H3,(H,67,70)/b17-15-,20-18-,26-24-. The van der Waals surface area contributed by atoms with Gasteiger partial charge in [0.2, 0.25) is 5.91 Å². The molecule has 1 amide bonds. The zero-order chi connectivity index (χ0) is 52.2. The number of esters is 1. The van der Waals surface area contributed by atoms with Crippen LogP contribution < -0.4 is 5.32 Å². The Labute approximate surface area is 449 Å². The van der Waals surface area contributed by atoms with Crippen molar-refractivity contribution in [2.24, 2.45) is 0 Å². The third-order valence-electron chi connectivity index (χ3n) is 14.9. The average Bonchev–Trinajstić information content (AvgIpc) is 3.38. The smallest absolute Gasteiger partial charge is 0.305 e. The minimum Gasteiger partial charge on any atom is -0.466 e. The summed E-state index contributed by atoms with van der Waals surface area (Å²) in [5.41, 5.74) is 0. The number of hydrogen-bond donors (Lipinski definition) is 3. The largest absolute Gasteiger partial charge is 0.466 e. The van der Waals surface area contributed by atoms with Crippen LogP contribution in [-0.2, 0) is 14.3 Å². The second kappa shape index (κ2) is 61.6. The molecule has 0 radical (unpaired) electrons. The zero-order valence-corrected chi connectivity index (χ0v) is 48.4. The number of carbonyl (C=O) groups is 2. The Bertz CT molecular complexity index is 1170. The van der Waals surface area contributed by atoms with Crippen molar-refractivity contribution in [1.82, 2.24) is 5.32 Å². The molecule has 0 aliphatic rings. The molecule has 0 spiro atoms. The second-order valence-corrected chi connectivity index (χ2v) is 22.1. The lowest BCUT2D eigenvalue weighted by Crippen LogP contribution is -2.45. The summed E-state index contributed by atoms with van der Waals surface area (Å²) in [5, 5.41) is 23.2. The third kappa shape index (κ3) is 57.4. The summed E-state index contributed by atoms with van der Waals surface area (Å²) in [6, 6.07) is -0.541. The molecule has 0 aromatic heterocycles. The van der Waals surface area contributed by atoms with Crippen molar-refractivity contribution in [2.45, 2.75) is 360 Å². The first kappa shape index (κ1) is 70.1. The van der Waals surface area contributed by atoms with E-state index in [2.05, 4.69) is 55.6 Å². The zero-order valence-electron chi connectivity index (χ0n) is 48.4. The van der Waals surface area contributed by atoms with Crippen LogP contribution in [-0.4, -0.2) is 47.4 Å². The van der Waals surface area contributed by atoms with E-state index in [4.69, 9.17) is 4.74 Å². The van der Waals surface area contributed by atoms with Crippen molar-refractivity contribution in [3.8, 4) is 0 Å². The molecule has 72 heavy (non-hydrogen) atoms. The molecule has 0 bridgehead atoms. The maximum absolute atomic E-state index is 12.5. The fourth-order valence-corrected chi connectivity index (χ4v) is 9.96. The molecule has 0 fully saturated rings. The van der Waals surface area contributed by atoms with Crippen LogP contribution in [0.1, 0.15) is 348 Å². The van der Waals surface area contributed by atoms with Crippen LogP contribution in [0.25, 0.3) is 0 Å². The molecule has 0 aliphatic carbocycles. The Morgan fingerprint density at radius 3 is 1.07 bits per heavy atom. The van der Waals surface area contributed by atoms with Crippen molar-refractivity contribution in [3.63, 3.8) is 0 Å². The number of hydrogen-bond acceptors (Lipinski definition) is 5. The molecular formula is C66H125NO5. The predicted octanol–water partition coefficient (Wildman–Crippen LogP) is 20.4. The van der Waals surface area contributed by atoms with E-state index in [1.54, 1.807) is 0 Å².